The Bertz CT molecular complexity index is 1380. The van der Waals surface area contributed by atoms with E-state index in [1.54, 1.807) is 17.4 Å². The van der Waals surface area contributed by atoms with Crippen LogP contribution in [0.15, 0.2) is 30.5 Å². The zero-order valence-electron chi connectivity index (χ0n) is 20.4. The van der Waals surface area contributed by atoms with Crippen molar-refractivity contribution in [3.05, 3.63) is 41.2 Å². The lowest BCUT2D eigenvalue weighted by Crippen LogP contribution is -2.46. The quantitative estimate of drug-likeness (QED) is 0.420. The van der Waals surface area contributed by atoms with Gasteiger partial charge in [-0.15, -0.1) is 11.3 Å². The molecule has 2 aliphatic heterocycles. The zero-order valence-corrected chi connectivity index (χ0v) is 21.2. The van der Waals surface area contributed by atoms with Crippen molar-refractivity contribution in [1.29, 1.82) is 0 Å². The van der Waals surface area contributed by atoms with Gasteiger partial charge < -0.3 is 19.5 Å². The average Bonchev–Trinajstić information content (AvgIpc) is 3.42. The van der Waals surface area contributed by atoms with Crippen molar-refractivity contribution in [2.75, 3.05) is 63.9 Å². The maximum atomic E-state index is 14.5. The highest BCUT2D eigenvalue weighted by molar-refractivity contribution is 7.19. The van der Waals surface area contributed by atoms with Gasteiger partial charge in [-0.3, -0.25) is 4.90 Å². The number of aromatic amines is 1. The lowest BCUT2D eigenvalue weighted by Gasteiger charge is -2.34. The van der Waals surface area contributed by atoms with E-state index in [9.17, 15) is 4.39 Å². The fraction of sp³-hybridized carbons (Fsp3) is 0.481. The Hall–Kier alpha value is -2.59. The Labute approximate surface area is 213 Å². The molecule has 9 heteroatoms. The molecule has 1 aliphatic carbocycles. The van der Waals surface area contributed by atoms with Crippen LogP contribution in [0.25, 0.3) is 32.5 Å². The van der Waals surface area contributed by atoms with Crippen LogP contribution in [0.4, 0.5) is 10.2 Å². The molecule has 4 aromatic rings. The number of aromatic nitrogens is 3. The number of nitrogens with zero attached hydrogens (tertiary/aromatic N) is 5. The third-order valence-corrected chi connectivity index (χ3v) is 8.75. The fourth-order valence-corrected chi connectivity index (χ4v) is 6.64. The molecule has 5 heterocycles. The van der Waals surface area contributed by atoms with Gasteiger partial charge in [0.2, 0.25) is 0 Å². The Morgan fingerprint density at radius 1 is 1.00 bits per heavy atom. The number of anilines is 1. The summed E-state index contributed by atoms with van der Waals surface area (Å²) >= 11 is 1.80. The SMILES string of the molecule is Fc1cc(-c2nc(N3CCOCC3)c3sc(CN4CCN(CC5CC5)CC4)cc3n2)c2cc[nH]c2c1. The second-order valence-corrected chi connectivity index (χ2v) is 11.4. The highest BCUT2D eigenvalue weighted by Gasteiger charge is 2.27. The second-order valence-electron chi connectivity index (χ2n) is 10.3. The topological polar surface area (TPSA) is 60.5 Å². The van der Waals surface area contributed by atoms with Crippen LogP contribution in [-0.4, -0.2) is 83.8 Å². The van der Waals surface area contributed by atoms with Gasteiger partial charge in [0, 0.05) is 79.9 Å². The highest BCUT2D eigenvalue weighted by atomic mass is 32.1. The molecule has 0 spiro atoms. The number of thiophene rings is 1. The van der Waals surface area contributed by atoms with E-state index in [4.69, 9.17) is 14.7 Å². The van der Waals surface area contributed by atoms with E-state index in [-0.39, 0.29) is 5.82 Å². The zero-order chi connectivity index (χ0) is 24.1. The molecule has 3 aliphatic rings. The van der Waals surface area contributed by atoms with Crippen molar-refractivity contribution in [1.82, 2.24) is 24.8 Å². The summed E-state index contributed by atoms with van der Waals surface area (Å²) in [4.78, 5) is 21.9. The first-order valence-electron chi connectivity index (χ1n) is 13.0. The van der Waals surface area contributed by atoms with Crippen molar-refractivity contribution in [3.63, 3.8) is 0 Å². The van der Waals surface area contributed by atoms with Crippen molar-refractivity contribution >= 4 is 38.3 Å². The molecule has 0 atom stereocenters. The summed E-state index contributed by atoms with van der Waals surface area (Å²) in [6, 6.07) is 7.26. The maximum Gasteiger partial charge on any atom is 0.163 e. The molecule has 36 heavy (non-hydrogen) atoms. The summed E-state index contributed by atoms with van der Waals surface area (Å²) < 4.78 is 21.2. The number of rotatable bonds is 6. The van der Waals surface area contributed by atoms with Crippen LogP contribution in [0, 0.1) is 11.7 Å². The van der Waals surface area contributed by atoms with Crippen LogP contribution in [0.2, 0.25) is 0 Å². The molecule has 1 aromatic carbocycles. The van der Waals surface area contributed by atoms with E-state index in [0.717, 1.165) is 84.2 Å². The van der Waals surface area contributed by atoms with Crippen molar-refractivity contribution in [2.24, 2.45) is 5.92 Å². The van der Waals surface area contributed by atoms with E-state index in [1.807, 2.05) is 12.3 Å². The number of halogens is 1. The van der Waals surface area contributed by atoms with Crippen LogP contribution < -0.4 is 4.90 Å². The summed E-state index contributed by atoms with van der Waals surface area (Å²) in [7, 11) is 0. The third-order valence-electron chi connectivity index (χ3n) is 7.65. The number of hydrogen-bond donors (Lipinski definition) is 1. The summed E-state index contributed by atoms with van der Waals surface area (Å²) in [5.41, 5.74) is 2.43. The van der Waals surface area contributed by atoms with Gasteiger partial charge >= 0.3 is 0 Å². The molecule has 0 bridgehead atoms. The average molecular weight is 507 g/mol. The lowest BCUT2D eigenvalue weighted by molar-refractivity contribution is 0.122. The summed E-state index contributed by atoms with van der Waals surface area (Å²) in [6.07, 6.45) is 4.67. The number of benzene rings is 1. The minimum atomic E-state index is -0.289. The van der Waals surface area contributed by atoms with E-state index in [1.165, 1.54) is 30.3 Å². The number of piperazine rings is 1. The van der Waals surface area contributed by atoms with E-state index in [0.29, 0.717) is 19.0 Å². The van der Waals surface area contributed by atoms with Gasteiger partial charge in [-0.2, -0.15) is 0 Å². The van der Waals surface area contributed by atoms with Crippen molar-refractivity contribution in [2.45, 2.75) is 19.4 Å². The second kappa shape index (κ2) is 9.37. The summed E-state index contributed by atoms with van der Waals surface area (Å²) in [6.45, 7) is 9.75. The van der Waals surface area contributed by atoms with E-state index < -0.39 is 0 Å². The molecule has 2 saturated heterocycles. The van der Waals surface area contributed by atoms with Crippen molar-refractivity contribution < 1.29 is 9.13 Å². The van der Waals surface area contributed by atoms with Crippen LogP contribution in [0.3, 0.4) is 0 Å². The standard InChI is InChI=1S/C27H31FN6OS/c28-19-13-22(21-3-4-29-23(21)14-19)26-30-24-15-20(17-33-7-5-32(6-8-33)16-18-1-2-18)36-25(24)27(31-26)34-9-11-35-12-10-34/h3-4,13-15,18,29H,1-2,5-12,16-17H2. The number of fused-ring (bicyclic) bond motifs is 2. The van der Waals surface area contributed by atoms with Gasteiger partial charge in [0.25, 0.3) is 0 Å². The number of morpholine rings is 1. The van der Waals surface area contributed by atoms with Gasteiger partial charge in [-0.1, -0.05) is 0 Å². The van der Waals surface area contributed by atoms with Crippen LogP contribution >= 0.6 is 11.3 Å². The normalized spacial score (nSPS) is 20.1. The molecular weight excluding hydrogens is 475 g/mol. The van der Waals surface area contributed by atoms with E-state index in [2.05, 4.69) is 25.8 Å². The highest BCUT2D eigenvalue weighted by Crippen LogP contribution is 2.37. The Morgan fingerprint density at radius 2 is 1.81 bits per heavy atom. The monoisotopic (exact) mass is 506 g/mol. The molecule has 7 nitrogen and oxygen atoms in total. The minimum absolute atomic E-state index is 0.289. The molecule has 7 rings (SSSR count). The van der Waals surface area contributed by atoms with Crippen molar-refractivity contribution in [3.8, 4) is 11.4 Å². The number of nitrogens with one attached hydrogen (secondary N) is 1. The fourth-order valence-electron chi connectivity index (χ4n) is 5.48. The number of hydrogen-bond acceptors (Lipinski definition) is 7. The smallest absolute Gasteiger partial charge is 0.163 e. The molecule has 3 fully saturated rings. The van der Waals surface area contributed by atoms with Gasteiger partial charge in [0.15, 0.2) is 11.6 Å². The van der Waals surface area contributed by atoms with Gasteiger partial charge in [0.05, 0.1) is 23.4 Å². The largest absolute Gasteiger partial charge is 0.378 e. The molecular formula is C27H31FN6OS. The predicted octanol–water partition coefficient (Wildman–Crippen LogP) is 4.34. The summed E-state index contributed by atoms with van der Waals surface area (Å²) in [5.74, 6) is 2.18. The van der Waals surface area contributed by atoms with E-state index >= 15 is 0 Å². The molecule has 0 radical (unpaired) electrons. The van der Waals surface area contributed by atoms with Gasteiger partial charge in [-0.25, -0.2) is 14.4 Å². The minimum Gasteiger partial charge on any atom is -0.378 e. The van der Waals surface area contributed by atoms with Crippen LogP contribution in [0.5, 0.6) is 0 Å². The first-order chi connectivity index (χ1) is 17.7. The Kier molecular flexibility index (Phi) is 5.88. The summed E-state index contributed by atoms with van der Waals surface area (Å²) in [5, 5.41) is 0.934. The van der Waals surface area contributed by atoms with Crippen LogP contribution in [-0.2, 0) is 11.3 Å². The molecule has 1 N–H and O–H groups in total. The number of ether oxygens (including phenoxy) is 1. The molecule has 1 saturated carbocycles. The first-order valence-corrected chi connectivity index (χ1v) is 13.9. The Morgan fingerprint density at radius 3 is 2.61 bits per heavy atom. The molecule has 188 valence electrons. The van der Waals surface area contributed by atoms with Gasteiger partial charge in [-0.05, 0) is 43.0 Å². The predicted molar refractivity (Wildman–Crippen MR) is 142 cm³/mol. The van der Waals surface area contributed by atoms with Gasteiger partial charge in [0.1, 0.15) is 5.82 Å². The molecule has 0 unspecified atom stereocenters. The van der Waals surface area contributed by atoms with Crippen LogP contribution in [0.1, 0.15) is 17.7 Å². The number of H-pyrrole nitrogens is 1. The Balaban J connectivity index is 1.22. The molecule has 0 amide bonds. The third kappa shape index (κ3) is 4.49. The lowest BCUT2D eigenvalue weighted by atomic mass is 10.1. The molecule has 3 aromatic heterocycles. The maximum absolute atomic E-state index is 14.5. The first kappa shape index (κ1) is 22.6.